The first-order valence-electron chi connectivity index (χ1n) is 9.95. The number of aromatic carboxylic acids is 1. The fourth-order valence-corrected chi connectivity index (χ4v) is 4.09. The van der Waals surface area contributed by atoms with E-state index in [2.05, 4.69) is 10.4 Å². The van der Waals surface area contributed by atoms with E-state index in [1.807, 2.05) is 0 Å². The number of benzene rings is 2. The van der Waals surface area contributed by atoms with Crippen molar-refractivity contribution in [1.29, 1.82) is 0 Å². The summed E-state index contributed by atoms with van der Waals surface area (Å²) < 4.78 is 28.7. The van der Waals surface area contributed by atoms with E-state index in [1.165, 1.54) is 19.2 Å². The molecule has 32 heavy (non-hydrogen) atoms. The number of amides is 1. The number of alkyl halides is 2. The molecule has 166 valence electrons. The second kappa shape index (κ2) is 8.35. The van der Waals surface area contributed by atoms with E-state index < -0.39 is 29.5 Å². The first-order valence-corrected chi connectivity index (χ1v) is 10.3. The molecule has 1 fully saturated rings. The average molecular weight is 460 g/mol. The van der Waals surface area contributed by atoms with Crippen LogP contribution in [-0.2, 0) is 19.0 Å². The highest BCUT2D eigenvalue weighted by molar-refractivity contribution is 6.30. The summed E-state index contributed by atoms with van der Waals surface area (Å²) in [6.07, 6.45) is -1.46. The Morgan fingerprint density at radius 3 is 2.47 bits per heavy atom. The van der Waals surface area contributed by atoms with E-state index in [-0.39, 0.29) is 23.2 Å². The Bertz CT molecular complexity index is 1190. The van der Waals surface area contributed by atoms with E-state index in [1.54, 1.807) is 36.4 Å². The summed E-state index contributed by atoms with van der Waals surface area (Å²) in [6.45, 7) is 0. The van der Waals surface area contributed by atoms with Crippen LogP contribution in [0.5, 0.6) is 0 Å². The highest BCUT2D eigenvalue weighted by atomic mass is 35.5. The fourth-order valence-electron chi connectivity index (χ4n) is 3.88. The van der Waals surface area contributed by atoms with Crippen molar-refractivity contribution in [3.8, 4) is 0 Å². The standard InChI is InChI=1S/C23H20ClF2N3O3/c1-29-19(20(25)26)18(17(28-29)12-13-3-2-4-16(24)11-13)21(30)27-23(9-10-23)15-7-5-14(6-8-15)22(31)32/h2-8,11,20H,9-10,12H2,1H3,(H,27,30)(H,31,32). The zero-order valence-corrected chi connectivity index (χ0v) is 17.9. The predicted molar refractivity (Wildman–Crippen MR) is 114 cm³/mol. The first-order chi connectivity index (χ1) is 15.2. The van der Waals surface area contributed by atoms with Gasteiger partial charge in [0.15, 0.2) is 0 Å². The highest BCUT2D eigenvalue weighted by Crippen LogP contribution is 2.46. The molecule has 0 spiro atoms. The summed E-state index contributed by atoms with van der Waals surface area (Å²) in [5.41, 5.74) is 0.543. The molecule has 1 aromatic heterocycles. The SMILES string of the molecule is Cn1nc(Cc2cccc(Cl)c2)c(C(=O)NC2(c3ccc(C(=O)O)cc3)CC2)c1C(F)F. The number of carboxylic acids is 1. The van der Waals surface area contributed by atoms with Crippen molar-refractivity contribution in [2.75, 3.05) is 0 Å². The van der Waals surface area contributed by atoms with Crippen LogP contribution in [0, 0.1) is 0 Å². The number of aromatic nitrogens is 2. The van der Waals surface area contributed by atoms with E-state index in [0.29, 0.717) is 17.9 Å². The Morgan fingerprint density at radius 2 is 1.91 bits per heavy atom. The van der Waals surface area contributed by atoms with Gasteiger partial charge >= 0.3 is 5.97 Å². The number of rotatable bonds is 7. The van der Waals surface area contributed by atoms with E-state index in [9.17, 15) is 18.4 Å². The Labute approximate surface area is 187 Å². The van der Waals surface area contributed by atoms with Crippen molar-refractivity contribution < 1.29 is 23.5 Å². The lowest BCUT2D eigenvalue weighted by atomic mass is 10.0. The maximum absolute atomic E-state index is 13.8. The third-order valence-corrected chi connectivity index (χ3v) is 5.88. The summed E-state index contributed by atoms with van der Waals surface area (Å²) >= 11 is 6.03. The van der Waals surface area contributed by atoms with Gasteiger partial charge in [0.2, 0.25) is 0 Å². The number of nitrogens with zero attached hydrogens (tertiary/aromatic N) is 2. The lowest BCUT2D eigenvalue weighted by Gasteiger charge is -2.19. The van der Waals surface area contributed by atoms with Gasteiger partial charge in [-0.2, -0.15) is 5.10 Å². The highest BCUT2D eigenvalue weighted by Gasteiger charge is 2.46. The van der Waals surface area contributed by atoms with Gasteiger partial charge in [-0.3, -0.25) is 9.48 Å². The van der Waals surface area contributed by atoms with Gasteiger partial charge in [0.1, 0.15) is 5.69 Å². The zero-order valence-electron chi connectivity index (χ0n) is 17.1. The lowest BCUT2D eigenvalue weighted by molar-refractivity contribution is 0.0696. The summed E-state index contributed by atoms with van der Waals surface area (Å²) in [5.74, 6) is -1.68. The van der Waals surface area contributed by atoms with Gasteiger partial charge in [-0.05, 0) is 48.2 Å². The maximum atomic E-state index is 13.8. The molecule has 2 aromatic carbocycles. The van der Waals surface area contributed by atoms with Gasteiger partial charge < -0.3 is 10.4 Å². The normalized spacial score (nSPS) is 14.4. The molecule has 0 radical (unpaired) electrons. The number of hydrogen-bond acceptors (Lipinski definition) is 3. The largest absolute Gasteiger partial charge is 0.478 e. The predicted octanol–water partition coefficient (Wildman–Crippen LogP) is 4.72. The number of carbonyl (C=O) groups excluding carboxylic acids is 1. The molecule has 0 saturated heterocycles. The molecule has 1 heterocycles. The molecule has 1 aliphatic rings. The number of nitrogens with one attached hydrogen (secondary N) is 1. The average Bonchev–Trinajstić information content (AvgIpc) is 3.43. The Balaban J connectivity index is 1.66. The Morgan fingerprint density at radius 1 is 1.22 bits per heavy atom. The molecular weight excluding hydrogens is 440 g/mol. The third kappa shape index (κ3) is 4.23. The van der Waals surface area contributed by atoms with E-state index >= 15 is 0 Å². The van der Waals surface area contributed by atoms with Crippen LogP contribution in [0.1, 0.15) is 62.5 Å². The second-order valence-corrected chi connectivity index (χ2v) is 8.29. The molecule has 1 aliphatic carbocycles. The number of carbonyl (C=O) groups is 2. The maximum Gasteiger partial charge on any atom is 0.335 e. The molecular formula is C23H20ClF2N3O3. The van der Waals surface area contributed by atoms with Gasteiger partial charge in [-0.25, -0.2) is 13.6 Å². The summed E-state index contributed by atoms with van der Waals surface area (Å²) in [6, 6.07) is 13.1. The molecule has 2 N–H and O–H groups in total. The molecule has 4 rings (SSSR count). The minimum atomic E-state index is -2.88. The van der Waals surface area contributed by atoms with Gasteiger partial charge in [0.05, 0.1) is 22.4 Å². The van der Waals surface area contributed by atoms with Crippen molar-refractivity contribution in [3.05, 3.63) is 87.2 Å². The molecule has 1 amide bonds. The molecule has 9 heteroatoms. The van der Waals surface area contributed by atoms with Crippen molar-refractivity contribution in [2.24, 2.45) is 7.05 Å². The van der Waals surface area contributed by atoms with Crippen LogP contribution in [0.3, 0.4) is 0 Å². The molecule has 0 atom stereocenters. The number of aryl methyl sites for hydroxylation is 1. The van der Waals surface area contributed by atoms with Gasteiger partial charge in [0, 0.05) is 18.5 Å². The summed E-state index contributed by atoms with van der Waals surface area (Å²) in [4.78, 5) is 24.3. The van der Waals surface area contributed by atoms with Crippen molar-refractivity contribution in [2.45, 2.75) is 31.2 Å². The summed E-state index contributed by atoms with van der Waals surface area (Å²) in [5, 5.41) is 16.7. The van der Waals surface area contributed by atoms with E-state index in [0.717, 1.165) is 15.8 Å². The van der Waals surface area contributed by atoms with Gasteiger partial charge in [0.25, 0.3) is 12.3 Å². The van der Waals surface area contributed by atoms with Crippen LogP contribution in [0.4, 0.5) is 8.78 Å². The Kier molecular flexibility index (Phi) is 5.73. The van der Waals surface area contributed by atoms with Crippen LogP contribution in [-0.4, -0.2) is 26.8 Å². The zero-order chi connectivity index (χ0) is 23.0. The van der Waals surface area contributed by atoms with Crippen molar-refractivity contribution in [3.63, 3.8) is 0 Å². The monoisotopic (exact) mass is 459 g/mol. The number of hydrogen-bond donors (Lipinski definition) is 2. The smallest absolute Gasteiger partial charge is 0.335 e. The minimum absolute atomic E-state index is 0.131. The number of carboxylic acid groups (broad SMARTS) is 1. The lowest BCUT2D eigenvalue weighted by Crippen LogP contribution is -2.35. The third-order valence-electron chi connectivity index (χ3n) is 5.65. The van der Waals surface area contributed by atoms with Crippen LogP contribution in [0.25, 0.3) is 0 Å². The summed E-state index contributed by atoms with van der Waals surface area (Å²) in [7, 11) is 1.39. The molecule has 3 aromatic rings. The van der Waals surface area contributed by atoms with E-state index in [4.69, 9.17) is 16.7 Å². The van der Waals surface area contributed by atoms with Crippen LogP contribution in [0.15, 0.2) is 48.5 Å². The molecule has 0 aliphatic heterocycles. The van der Waals surface area contributed by atoms with Crippen molar-refractivity contribution in [1.82, 2.24) is 15.1 Å². The van der Waals surface area contributed by atoms with Crippen molar-refractivity contribution >= 4 is 23.5 Å². The fraction of sp³-hybridized carbons (Fsp3) is 0.261. The molecule has 6 nitrogen and oxygen atoms in total. The Hall–Kier alpha value is -3.26. The van der Waals surface area contributed by atoms with Crippen LogP contribution >= 0.6 is 11.6 Å². The number of halogens is 3. The van der Waals surface area contributed by atoms with Crippen LogP contribution in [0.2, 0.25) is 5.02 Å². The topological polar surface area (TPSA) is 84.2 Å². The molecule has 0 bridgehead atoms. The molecule has 0 unspecified atom stereocenters. The first kappa shape index (κ1) is 22.0. The second-order valence-electron chi connectivity index (χ2n) is 7.86. The minimum Gasteiger partial charge on any atom is -0.478 e. The van der Waals surface area contributed by atoms with Crippen LogP contribution < -0.4 is 5.32 Å². The van der Waals surface area contributed by atoms with Gasteiger partial charge in [-0.1, -0.05) is 35.9 Å². The molecule has 1 saturated carbocycles. The quantitative estimate of drug-likeness (QED) is 0.535. The van der Waals surface area contributed by atoms with Gasteiger partial charge in [-0.15, -0.1) is 0 Å².